The van der Waals surface area contributed by atoms with Crippen LogP contribution in [0.4, 0.5) is 0 Å². The highest BCUT2D eigenvalue weighted by molar-refractivity contribution is 5.51. The Balaban J connectivity index is -0.000000381. The van der Waals surface area contributed by atoms with Crippen LogP contribution in [-0.2, 0) is 23.7 Å². The molecule has 0 radical (unpaired) electrons. The summed E-state index contributed by atoms with van der Waals surface area (Å²) >= 11 is 0. The molecule has 0 heterocycles. The van der Waals surface area contributed by atoms with Crippen LogP contribution in [0.25, 0.3) is 0 Å². The van der Waals surface area contributed by atoms with Gasteiger partial charge in [0.25, 0.3) is 0 Å². The standard InChI is InChI=1S/C11H20O3.C7H12O2.C4H8O/c1-5-13-11(14-6-2)8-7-10(12)9(3)4;1-4-7(8-5-2)9-6-3;1-4(2)3-5/h9-12H,5-6H2,1-4H3;1,7H,5-6H2,2-3H3;3-4H,1-2H3. The third-order valence-electron chi connectivity index (χ3n) is 2.66. The van der Waals surface area contributed by atoms with Gasteiger partial charge in [-0.2, -0.15) is 0 Å². The van der Waals surface area contributed by atoms with Gasteiger partial charge in [-0.1, -0.05) is 33.6 Å². The number of hydrogen-bond acceptors (Lipinski definition) is 6. The summed E-state index contributed by atoms with van der Waals surface area (Å²) in [6.45, 7) is 17.3. The van der Waals surface area contributed by atoms with E-state index < -0.39 is 18.7 Å². The van der Waals surface area contributed by atoms with Crippen molar-refractivity contribution in [2.24, 2.45) is 11.8 Å². The minimum absolute atomic E-state index is 0.131. The lowest BCUT2D eigenvalue weighted by Crippen LogP contribution is -2.17. The Kier molecular flexibility index (Phi) is 26.4. The summed E-state index contributed by atoms with van der Waals surface area (Å²) in [5.41, 5.74) is 0. The van der Waals surface area contributed by atoms with Crippen LogP contribution in [0.1, 0.15) is 55.4 Å². The predicted molar refractivity (Wildman–Crippen MR) is 112 cm³/mol. The second kappa shape index (κ2) is 23.6. The molecule has 0 saturated heterocycles. The highest BCUT2D eigenvalue weighted by Gasteiger charge is 2.06. The number of hydrogen-bond donors (Lipinski definition) is 1. The van der Waals surface area contributed by atoms with E-state index in [-0.39, 0.29) is 11.8 Å². The Hall–Kier alpha value is -1.41. The Morgan fingerprint density at radius 3 is 1.43 bits per heavy atom. The van der Waals surface area contributed by atoms with Gasteiger partial charge < -0.3 is 28.8 Å². The quantitative estimate of drug-likeness (QED) is 0.345. The molecule has 0 rings (SSSR count). The molecule has 0 aliphatic carbocycles. The monoisotopic (exact) mass is 400 g/mol. The second-order valence-corrected chi connectivity index (χ2v) is 6.01. The molecule has 1 N–H and O–H groups in total. The molecule has 0 saturated carbocycles. The van der Waals surface area contributed by atoms with E-state index in [0.29, 0.717) is 26.4 Å². The van der Waals surface area contributed by atoms with E-state index in [9.17, 15) is 9.90 Å². The third-order valence-corrected chi connectivity index (χ3v) is 2.66. The van der Waals surface area contributed by atoms with Crippen molar-refractivity contribution in [3.05, 3.63) is 0 Å². The molecule has 0 bridgehead atoms. The first-order valence-corrected chi connectivity index (χ1v) is 9.80. The van der Waals surface area contributed by atoms with Crippen molar-refractivity contribution in [2.45, 2.75) is 74.1 Å². The molecule has 0 aliphatic heterocycles. The maximum atomic E-state index is 9.50. The number of aliphatic hydroxyl groups excluding tert-OH is 1. The summed E-state index contributed by atoms with van der Waals surface area (Å²) in [4.78, 5) is 9.50. The summed E-state index contributed by atoms with van der Waals surface area (Å²) in [5.74, 6) is 8.16. The molecule has 6 heteroatoms. The van der Waals surface area contributed by atoms with Gasteiger partial charge in [0.05, 0.1) is 0 Å². The number of carbonyl (C=O) groups excluding carboxylic acids is 1. The van der Waals surface area contributed by atoms with E-state index in [0.717, 1.165) is 6.29 Å². The molecule has 6 nitrogen and oxygen atoms in total. The van der Waals surface area contributed by atoms with Gasteiger partial charge in [-0.15, -0.1) is 6.42 Å². The fourth-order valence-corrected chi connectivity index (χ4v) is 1.20. The normalized spacial score (nSPS) is 11.0. The lowest BCUT2D eigenvalue weighted by atomic mass is 10.1. The second-order valence-electron chi connectivity index (χ2n) is 6.01. The molecule has 0 spiro atoms. The number of aldehydes is 1. The number of aliphatic hydroxyl groups is 1. The lowest BCUT2D eigenvalue weighted by molar-refractivity contribution is -0.110. The summed E-state index contributed by atoms with van der Waals surface area (Å²) in [7, 11) is 0. The van der Waals surface area contributed by atoms with Crippen LogP contribution in [-0.4, -0.2) is 56.5 Å². The van der Waals surface area contributed by atoms with Gasteiger partial charge in [0.1, 0.15) is 12.4 Å². The number of rotatable bonds is 10. The topological polar surface area (TPSA) is 74.2 Å². The summed E-state index contributed by atoms with van der Waals surface area (Å²) < 4.78 is 20.4. The van der Waals surface area contributed by atoms with E-state index in [4.69, 9.17) is 25.4 Å². The smallest absolute Gasteiger partial charge is 0.222 e. The van der Waals surface area contributed by atoms with Crippen molar-refractivity contribution < 1.29 is 28.8 Å². The van der Waals surface area contributed by atoms with Gasteiger partial charge in [-0.25, -0.2) is 0 Å². The largest absolute Gasteiger partial charge is 0.380 e. The minimum Gasteiger partial charge on any atom is -0.380 e. The van der Waals surface area contributed by atoms with E-state index in [1.807, 2.05) is 55.4 Å². The van der Waals surface area contributed by atoms with Crippen LogP contribution in [0, 0.1) is 36.0 Å². The van der Waals surface area contributed by atoms with E-state index >= 15 is 0 Å². The van der Waals surface area contributed by atoms with E-state index in [1.165, 1.54) is 0 Å². The highest BCUT2D eigenvalue weighted by Crippen LogP contribution is 2.00. The maximum absolute atomic E-state index is 9.50. The van der Waals surface area contributed by atoms with Crippen molar-refractivity contribution in [1.82, 2.24) is 0 Å². The van der Waals surface area contributed by atoms with Crippen molar-refractivity contribution in [1.29, 1.82) is 0 Å². The predicted octanol–water partition coefficient (Wildman–Crippen LogP) is 3.27. The molecule has 28 heavy (non-hydrogen) atoms. The first-order chi connectivity index (χ1) is 13.2. The number of carbonyl (C=O) groups is 1. The zero-order valence-electron chi connectivity index (χ0n) is 18.9. The first kappa shape index (κ1) is 31.3. The zero-order valence-corrected chi connectivity index (χ0v) is 18.9. The molecule has 1 atom stereocenters. The van der Waals surface area contributed by atoms with Gasteiger partial charge >= 0.3 is 0 Å². The highest BCUT2D eigenvalue weighted by atomic mass is 16.7. The Morgan fingerprint density at radius 1 is 0.821 bits per heavy atom. The Labute approximate surface area is 172 Å². The molecule has 0 aromatic carbocycles. The lowest BCUT2D eigenvalue weighted by Gasteiger charge is -2.11. The molecule has 0 aliphatic rings. The first-order valence-electron chi connectivity index (χ1n) is 9.80. The average molecular weight is 401 g/mol. The maximum Gasteiger partial charge on any atom is 0.222 e. The average Bonchev–Trinajstić information content (AvgIpc) is 2.66. The van der Waals surface area contributed by atoms with Gasteiger partial charge in [0, 0.05) is 32.3 Å². The summed E-state index contributed by atoms with van der Waals surface area (Å²) in [5, 5.41) is 9.43. The third kappa shape index (κ3) is 24.6. The minimum atomic E-state index is -0.613. The van der Waals surface area contributed by atoms with Crippen LogP contribution < -0.4 is 0 Å². The van der Waals surface area contributed by atoms with Crippen molar-refractivity contribution >= 4 is 6.29 Å². The van der Waals surface area contributed by atoms with Gasteiger partial charge in [-0.05, 0) is 45.5 Å². The van der Waals surface area contributed by atoms with E-state index in [2.05, 4.69) is 17.8 Å². The number of ether oxygens (including phenoxy) is 4. The van der Waals surface area contributed by atoms with Crippen molar-refractivity contribution in [3.8, 4) is 24.2 Å². The molecule has 0 amide bonds. The number of terminal acetylenes is 1. The zero-order chi connectivity index (χ0) is 22.4. The van der Waals surface area contributed by atoms with Gasteiger partial charge in [0.2, 0.25) is 12.6 Å². The van der Waals surface area contributed by atoms with Crippen LogP contribution in [0.5, 0.6) is 0 Å². The van der Waals surface area contributed by atoms with Crippen LogP contribution in [0.3, 0.4) is 0 Å². The Bertz CT molecular complexity index is 419. The fourth-order valence-electron chi connectivity index (χ4n) is 1.20. The molecule has 0 aromatic heterocycles. The summed E-state index contributed by atoms with van der Waals surface area (Å²) in [6, 6.07) is 0. The molecular weight excluding hydrogens is 360 g/mol. The van der Waals surface area contributed by atoms with Gasteiger partial charge in [0.15, 0.2) is 0 Å². The summed E-state index contributed by atoms with van der Waals surface area (Å²) in [6.07, 6.45) is 4.38. The fraction of sp³-hybridized carbons (Fsp3) is 0.773. The molecular formula is C22H40O6. The van der Waals surface area contributed by atoms with Crippen molar-refractivity contribution in [3.63, 3.8) is 0 Å². The van der Waals surface area contributed by atoms with E-state index in [1.54, 1.807) is 0 Å². The molecule has 164 valence electrons. The van der Waals surface area contributed by atoms with Crippen molar-refractivity contribution in [2.75, 3.05) is 26.4 Å². The van der Waals surface area contributed by atoms with Gasteiger partial charge in [-0.3, -0.25) is 0 Å². The van der Waals surface area contributed by atoms with Crippen LogP contribution >= 0.6 is 0 Å². The molecule has 1 unspecified atom stereocenters. The molecule has 0 fully saturated rings. The van der Waals surface area contributed by atoms with Crippen LogP contribution in [0.15, 0.2) is 0 Å². The SMILES string of the molecule is C#CC(OCC)OCC.CC(C)C=O.CCOC(C#CC(O)C(C)C)OCC. The Morgan fingerprint density at radius 2 is 1.18 bits per heavy atom. The molecule has 0 aromatic rings. The van der Waals surface area contributed by atoms with Crippen LogP contribution in [0.2, 0.25) is 0 Å².